The molecule has 108 valence electrons. The van der Waals surface area contributed by atoms with Crippen LogP contribution < -0.4 is 4.74 Å². The molecule has 21 heavy (non-hydrogen) atoms. The van der Waals surface area contributed by atoms with Crippen LogP contribution in [0.2, 0.25) is 0 Å². The van der Waals surface area contributed by atoms with Crippen molar-refractivity contribution in [2.24, 2.45) is 0 Å². The van der Waals surface area contributed by atoms with Crippen LogP contribution in [0, 0.1) is 0 Å². The summed E-state index contributed by atoms with van der Waals surface area (Å²) in [5, 5.41) is 9.21. The predicted octanol–water partition coefficient (Wildman–Crippen LogP) is 4.22. The van der Waals surface area contributed by atoms with Crippen LogP contribution in [0.4, 0.5) is 0 Å². The maximum absolute atomic E-state index is 11.2. The molecule has 0 saturated carbocycles. The fourth-order valence-electron chi connectivity index (χ4n) is 2.67. The Bertz CT molecular complexity index is 694. The van der Waals surface area contributed by atoms with Gasteiger partial charge in [-0.1, -0.05) is 34.1 Å². The molecule has 3 nitrogen and oxygen atoms in total. The third kappa shape index (κ3) is 3.10. The average Bonchev–Trinajstić information content (AvgIpc) is 2.93. The van der Waals surface area contributed by atoms with Crippen LogP contribution >= 0.6 is 15.9 Å². The molecule has 2 aromatic carbocycles. The maximum Gasteiger partial charge on any atom is 0.339 e. The predicted molar refractivity (Wildman–Crippen MR) is 83.9 cm³/mol. The molecule has 3 rings (SSSR count). The molecule has 0 atom stereocenters. The molecule has 0 amide bonds. The number of benzene rings is 2. The lowest BCUT2D eigenvalue weighted by molar-refractivity contribution is 0.0691. The van der Waals surface area contributed by atoms with E-state index in [9.17, 15) is 9.90 Å². The Morgan fingerprint density at radius 1 is 1.14 bits per heavy atom. The third-order valence-electron chi connectivity index (χ3n) is 3.73. The largest absolute Gasteiger partial charge is 0.488 e. The van der Waals surface area contributed by atoms with Crippen LogP contribution in [0.15, 0.2) is 40.9 Å². The highest BCUT2D eigenvalue weighted by Crippen LogP contribution is 2.26. The third-order valence-corrected chi connectivity index (χ3v) is 4.22. The molecule has 4 heteroatoms. The summed E-state index contributed by atoms with van der Waals surface area (Å²) in [5.41, 5.74) is 4.07. The van der Waals surface area contributed by atoms with E-state index in [2.05, 4.69) is 34.1 Å². The number of aromatic carboxylic acids is 1. The Morgan fingerprint density at radius 3 is 2.76 bits per heavy atom. The van der Waals surface area contributed by atoms with Crippen molar-refractivity contribution in [2.45, 2.75) is 25.9 Å². The van der Waals surface area contributed by atoms with E-state index >= 15 is 0 Å². The van der Waals surface area contributed by atoms with Crippen molar-refractivity contribution in [1.82, 2.24) is 0 Å². The monoisotopic (exact) mass is 346 g/mol. The van der Waals surface area contributed by atoms with Gasteiger partial charge in [-0.15, -0.1) is 0 Å². The fraction of sp³-hybridized carbons (Fsp3) is 0.235. The van der Waals surface area contributed by atoms with Gasteiger partial charge in [-0.25, -0.2) is 4.79 Å². The number of carboxylic acids is 1. The summed E-state index contributed by atoms with van der Waals surface area (Å²) in [6, 6.07) is 11.4. The van der Waals surface area contributed by atoms with E-state index in [0.29, 0.717) is 12.4 Å². The number of carboxylic acid groups (broad SMARTS) is 1. The van der Waals surface area contributed by atoms with E-state index in [1.807, 2.05) is 0 Å². The molecule has 0 radical (unpaired) electrons. The molecular formula is C17H15BrO3. The Kier molecular flexibility index (Phi) is 3.97. The minimum absolute atomic E-state index is 0.172. The molecule has 0 saturated heterocycles. The molecule has 1 aliphatic carbocycles. The molecule has 0 heterocycles. The molecule has 0 bridgehead atoms. The summed E-state index contributed by atoms with van der Waals surface area (Å²) in [6.07, 6.45) is 3.50. The molecule has 1 N–H and O–H groups in total. The topological polar surface area (TPSA) is 46.5 Å². The first kappa shape index (κ1) is 14.1. The minimum atomic E-state index is -0.986. The van der Waals surface area contributed by atoms with Gasteiger partial charge >= 0.3 is 5.97 Å². The van der Waals surface area contributed by atoms with E-state index < -0.39 is 5.97 Å². The van der Waals surface area contributed by atoms with Crippen LogP contribution in [0.1, 0.15) is 33.5 Å². The Hall–Kier alpha value is -1.81. The lowest BCUT2D eigenvalue weighted by Crippen LogP contribution is -2.03. The summed E-state index contributed by atoms with van der Waals surface area (Å²) in [5.74, 6) is -0.591. The molecule has 0 spiro atoms. The van der Waals surface area contributed by atoms with E-state index in [-0.39, 0.29) is 5.56 Å². The van der Waals surface area contributed by atoms with E-state index in [1.54, 1.807) is 18.2 Å². The van der Waals surface area contributed by atoms with Gasteiger partial charge in [0.2, 0.25) is 0 Å². The van der Waals surface area contributed by atoms with Crippen molar-refractivity contribution < 1.29 is 14.6 Å². The number of hydrogen-bond donors (Lipinski definition) is 1. The van der Waals surface area contributed by atoms with E-state index in [0.717, 1.165) is 22.9 Å². The molecular weight excluding hydrogens is 332 g/mol. The van der Waals surface area contributed by atoms with Gasteiger partial charge in [0.05, 0.1) is 0 Å². The molecule has 0 aromatic heterocycles. The van der Waals surface area contributed by atoms with Crippen molar-refractivity contribution in [3.63, 3.8) is 0 Å². The molecule has 1 aliphatic rings. The number of carbonyl (C=O) groups is 1. The van der Waals surface area contributed by atoms with Crippen molar-refractivity contribution in [2.75, 3.05) is 0 Å². The summed E-state index contributed by atoms with van der Waals surface area (Å²) >= 11 is 3.28. The first-order chi connectivity index (χ1) is 10.1. The van der Waals surface area contributed by atoms with Crippen LogP contribution in [-0.4, -0.2) is 11.1 Å². The van der Waals surface area contributed by atoms with Crippen LogP contribution in [0.3, 0.4) is 0 Å². The number of halogens is 1. The van der Waals surface area contributed by atoms with Gasteiger partial charge in [-0.3, -0.25) is 0 Å². The highest BCUT2D eigenvalue weighted by molar-refractivity contribution is 9.10. The van der Waals surface area contributed by atoms with Crippen molar-refractivity contribution in [1.29, 1.82) is 0 Å². The highest BCUT2D eigenvalue weighted by atomic mass is 79.9. The van der Waals surface area contributed by atoms with Gasteiger partial charge in [-0.2, -0.15) is 0 Å². The highest BCUT2D eigenvalue weighted by Gasteiger charge is 2.13. The first-order valence-electron chi connectivity index (χ1n) is 6.90. The second-order valence-electron chi connectivity index (χ2n) is 5.19. The Morgan fingerprint density at radius 2 is 1.95 bits per heavy atom. The van der Waals surface area contributed by atoms with Gasteiger partial charge < -0.3 is 9.84 Å². The van der Waals surface area contributed by atoms with E-state index in [4.69, 9.17) is 4.74 Å². The summed E-state index contributed by atoms with van der Waals surface area (Å²) in [6.45, 7) is 0.384. The maximum atomic E-state index is 11.2. The van der Waals surface area contributed by atoms with Gasteiger partial charge in [-0.05, 0) is 54.2 Å². The summed E-state index contributed by atoms with van der Waals surface area (Å²) in [4.78, 5) is 11.2. The smallest absolute Gasteiger partial charge is 0.339 e. The summed E-state index contributed by atoms with van der Waals surface area (Å²) in [7, 11) is 0. The first-order valence-corrected chi connectivity index (χ1v) is 7.69. The fourth-order valence-corrected chi connectivity index (χ4v) is 3.03. The minimum Gasteiger partial charge on any atom is -0.488 e. The van der Waals surface area contributed by atoms with Crippen LogP contribution in [0.25, 0.3) is 0 Å². The van der Waals surface area contributed by atoms with Gasteiger partial charge in [0.15, 0.2) is 0 Å². The van der Waals surface area contributed by atoms with Crippen molar-refractivity contribution in [3.05, 3.63) is 63.1 Å². The number of aryl methyl sites for hydroxylation is 2. The second-order valence-corrected chi connectivity index (χ2v) is 6.11. The Labute approximate surface area is 131 Å². The molecule has 0 aliphatic heterocycles. The number of rotatable bonds is 4. The van der Waals surface area contributed by atoms with Crippen LogP contribution in [0.5, 0.6) is 5.75 Å². The SMILES string of the molecule is O=C(O)c1cc(Br)ccc1OCc1ccc2c(c1)CCC2. The van der Waals surface area contributed by atoms with Crippen LogP contribution in [-0.2, 0) is 19.4 Å². The van der Waals surface area contributed by atoms with Crippen molar-refractivity contribution >= 4 is 21.9 Å². The normalized spacial score (nSPS) is 13.0. The second kappa shape index (κ2) is 5.90. The zero-order valence-corrected chi connectivity index (χ0v) is 13.0. The van der Waals surface area contributed by atoms with E-state index in [1.165, 1.54) is 17.5 Å². The van der Waals surface area contributed by atoms with Gasteiger partial charge in [0, 0.05) is 4.47 Å². The standard InChI is InChI=1S/C17H15BrO3/c18-14-6-7-16(15(9-14)17(19)20)21-10-11-4-5-12-2-1-3-13(12)8-11/h4-9H,1-3,10H2,(H,19,20). The molecule has 2 aromatic rings. The van der Waals surface area contributed by atoms with Gasteiger partial charge in [0.1, 0.15) is 17.9 Å². The van der Waals surface area contributed by atoms with Gasteiger partial charge in [0.25, 0.3) is 0 Å². The molecule has 0 unspecified atom stereocenters. The van der Waals surface area contributed by atoms with Crippen molar-refractivity contribution in [3.8, 4) is 5.75 Å². The zero-order chi connectivity index (χ0) is 14.8. The lowest BCUT2D eigenvalue weighted by atomic mass is 10.1. The number of hydrogen-bond acceptors (Lipinski definition) is 2. The average molecular weight is 347 g/mol. The number of ether oxygens (including phenoxy) is 1. The molecule has 0 fully saturated rings. The Balaban J connectivity index is 1.77. The quantitative estimate of drug-likeness (QED) is 0.901. The zero-order valence-electron chi connectivity index (χ0n) is 11.4. The number of fused-ring (bicyclic) bond motifs is 1. The summed E-state index contributed by atoms with van der Waals surface area (Å²) < 4.78 is 6.42. The lowest BCUT2D eigenvalue weighted by Gasteiger charge is -2.10.